The maximum absolute atomic E-state index is 10.7. The second-order valence-corrected chi connectivity index (χ2v) is 3.61. The standard InChI is InChI=1S/C5H11NO4S/c1-2-3-11(8,9)10-5-6-4-7/h4H,2-3,5H2,1H3,(H,6,7). The van der Waals surface area contributed by atoms with Crippen LogP contribution < -0.4 is 5.32 Å². The molecule has 0 fully saturated rings. The lowest BCUT2D eigenvalue weighted by Gasteiger charge is -2.01. The molecular formula is C5H11NO4S. The molecule has 0 rings (SSSR count). The van der Waals surface area contributed by atoms with E-state index >= 15 is 0 Å². The van der Waals surface area contributed by atoms with Crippen molar-refractivity contribution in [1.29, 1.82) is 0 Å². The highest BCUT2D eigenvalue weighted by atomic mass is 32.2. The van der Waals surface area contributed by atoms with Gasteiger partial charge in [0, 0.05) is 0 Å². The summed E-state index contributed by atoms with van der Waals surface area (Å²) >= 11 is 0. The number of rotatable bonds is 6. The molecule has 11 heavy (non-hydrogen) atoms. The van der Waals surface area contributed by atoms with Gasteiger partial charge in [-0.3, -0.25) is 4.79 Å². The SMILES string of the molecule is CCCS(=O)(=O)OCNC=O. The third-order valence-electron chi connectivity index (χ3n) is 0.859. The number of carbonyl (C=O) groups excluding carboxylic acids is 1. The zero-order valence-corrected chi connectivity index (χ0v) is 7.06. The molecule has 0 aromatic heterocycles. The molecular weight excluding hydrogens is 170 g/mol. The molecule has 0 spiro atoms. The molecule has 1 amide bonds. The highest BCUT2D eigenvalue weighted by Gasteiger charge is 2.07. The van der Waals surface area contributed by atoms with Crippen molar-refractivity contribution in [2.24, 2.45) is 0 Å². The van der Waals surface area contributed by atoms with Crippen molar-refractivity contribution in [3.05, 3.63) is 0 Å². The molecule has 0 aliphatic carbocycles. The average Bonchev–Trinajstić information content (AvgIpc) is 1.87. The minimum atomic E-state index is -3.43. The van der Waals surface area contributed by atoms with E-state index in [4.69, 9.17) is 0 Å². The summed E-state index contributed by atoms with van der Waals surface area (Å²) in [5.41, 5.74) is 0. The van der Waals surface area contributed by atoms with Crippen LogP contribution in [-0.2, 0) is 19.1 Å². The van der Waals surface area contributed by atoms with Crippen LogP contribution in [0.3, 0.4) is 0 Å². The van der Waals surface area contributed by atoms with Crippen LogP contribution in [0.15, 0.2) is 0 Å². The number of nitrogens with one attached hydrogen (secondary N) is 1. The Bertz CT molecular complexity index is 199. The van der Waals surface area contributed by atoms with Crippen LogP contribution in [0.2, 0.25) is 0 Å². The molecule has 0 saturated carbocycles. The fourth-order valence-electron chi connectivity index (χ4n) is 0.467. The minimum absolute atomic E-state index is 0.0203. The van der Waals surface area contributed by atoms with Gasteiger partial charge in [0.25, 0.3) is 10.1 Å². The Morgan fingerprint density at radius 2 is 2.18 bits per heavy atom. The normalized spacial score (nSPS) is 11.0. The largest absolute Gasteiger partial charge is 0.335 e. The van der Waals surface area contributed by atoms with Crippen LogP contribution in [0.4, 0.5) is 0 Å². The second kappa shape index (κ2) is 5.09. The molecule has 0 unspecified atom stereocenters. The lowest BCUT2D eigenvalue weighted by Crippen LogP contribution is -2.20. The summed E-state index contributed by atoms with van der Waals surface area (Å²) in [4.78, 5) is 9.66. The van der Waals surface area contributed by atoms with Crippen LogP contribution >= 0.6 is 0 Å². The van der Waals surface area contributed by atoms with E-state index in [1.165, 1.54) is 0 Å². The van der Waals surface area contributed by atoms with Crippen molar-refractivity contribution in [2.45, 2.75) is 13.3 Å². The van der Waals surface area contributed by atoms with E-state index in [2.05, 4.69) is 9.50 Å². The quantitative estimate of drug-likeness (QED) is 0.258. The summed E-state index contributed by atoms with van der Waals surface area (Å²) in [6.07, 6.45) is 0.880. The van der Waals surface area contributed by atoms with Crippen LogP contribution in [0.1, 0.15) is 13.3 Å². The van der Waals surface area contributed by atoms with Gasteiger partial charge in [-0.15, -0.1) is 0 Å². The molecule has 0 aromatic rings. The van der Waals surface area contributed by atoms with E-state index in [9.17, 15) is 13.2 Å². The van der Waals surface area contributed by atoms with E-state index < -0.39 is 10.1 Å². The third-order valence-corrected chi connectivity index (χ3v) is 2.24. The molecule has 0 atom stereocenters. The Labute approximate surface area is 65.9 Å². The zero-order valence-electron chi connectivity index (χ0n) is 6.24. The number of hydrogen-bond acceptors (Lipinski definition) is 4. The van der Waals surface area contributed by atoms with Crippen molar-refractivity contribution < 1.29 is 17.4 Å². The van der Waals surface area contributed by atoms with Crippen molar-refractivity contribution in [1.82, 2.24) is 5.32 Å². The fourth-order valence-corrected chi connectivity index (χ4v) is 1.33. The van der Waals surface area contributed by atoms with Gasteiger partial charge in [0.1, 0.15) is 6.73 Å². The van der Waals surface area contributed by atoms with Crippen LogP contribution in [0.5, 0.6) is 0 Å². The van der Waals surface area contributed by atoms with Gasteiger partial charge in [0.05, 0.1) is 5.75 Å². The van der Waals surface area contributed by atoms with Gasteiger partial charge in [0.15, 0.2) is 0 Å². The van der Waals surface area contributed by atoms with Gasteiger partial charge in [-0.25, -0.2) is 4.18 Å². The molecule has 0 aliphatic rings. The van der Waals surface area contributed by atoms with Crippen LogP contribution in [0, 0.1) is 0 Å². The molecule has 66 valence electrons. The third kappa shape index (κ3) is 5.81. The molecule has 0 aromatic carbocycles. The Hall–Kier alpha value is -0.620. The molecule has 0 heterocycles. The van der Waals surface area contributed by atoms with Gasteiger partial charge in [-0.05, 0) is 6.42 Å². The predicted octanol–water partition coefficient (Wildman–Crippen LogP) is -0.554. The molecule has 1 N–H and O–H groups in total. The zero-order chi connectivity index (χ0) is 8.74. The van der Waals surface area contributed by atoms with Gasteiger partial charge >= 0.3 is 0 Å². The molecule has 0 radical (unpaired) electrons. The molecule has 6 heteroatoms. The predicted molar refractivity (Wildman–Crippen MR) is 39.2 cm³/mol. The molecule has 0 bridgehead atoms. The van der Waals surface area contributed by atoms with Crippen LogP contribution in [-0.4, -0.2) is 27.3 Å². The fraction of sp³-hybridized carbons (Fsp3) is 0.800. The first-order valence-electron chi connectivity index (χ1n) is 3.16. The summed E-state index contributed by atoms with van der Waals surface area (Å²) in [7, 11) is -3.43. The Kier molecular flexibility index (Phi) is 4.80. The van der Waals surface area contributed by atoms with Crippen molar-refractivity contribution in [2.75, 3.05) is 12.5 Å². The number of amides is 1. The van der Waals surface area contributed by atoms with Crippen molar-refractivity contribution in [3.63, 3.8) is 0 Å². The Balaban J connectivity index is 3.64. The lowest BCUT2D eigenvalue weighted by atomic mass is 10.6. The van der Waals surface area contributed by atoms with Crippen molar-refractivity contribution in [3.8, 4) is 0 Å². The topological polar surface area (TPSA) is 72.5 Å². The second-order valence-electron chi connectivity index (χ2n) is 1.85. The summed E-state index contributed by atoms with van der Waals surface area (Å²) in [6.45, 7) is 1.44. The van der Waals surface area contributed by atoms with Crippen molar-refractivity contribution >= 4 is 16.5 Å². The summed E-state index contributed by atoms with van der Waals surface area (Å²) in [5, 5.41) is 2.08. The van der Waals surface area contributed by atoms with Gasteiger partial charge in [-0.2, -0.15) is 8.42 Å². The summed E-state index contributed by atoms with van der Waals surface area (Å²) in [5.74, 6) is -0.0203. The summed E-state index contributed by atoms with van der Waals surface area (Å²) < 4.78 is 25.8. The highest BCUT2D eigenvalue weighted by molar-refractivity contribution is 7.86. The van der Waals surface area contributed by atoms with Gasteiger partial charge in [0.2, 0.25) is 6.41 Å². The molecule has 0 aliphatic heterocycles. The lowest BCUT2D eigenvalue weighted by molar-refractivity contribution is -0.110. The first-order valence-corrected chi connectivity index (χ1v) is 4.74. The molecule has 5 nitrogen and oxygen atoms in total. The maximum Gasteiger partial charge on any atom is 0.269 e. The average molecular weight is 181 g/mol. The monoisotopic (exact) mass is 181 g/mol. The first-order chi connectivity index (χ1) is 5.12. The number of carbonyl (C=O) groups is 1. The smallest absolute Gasteiger partial charge is 0.269 e. The highest BCUT2D eigenvalue weighted by Crippen LogP contribution is 1.93. The summed E-state index contributed by atoms with van der Waals surface area (Å²) in [6, 6.07) is 0. The Morgan fingerprint density at radius 3 is 2.64 bits per heavy atom. The Morgan fingerprint density at radius 1 is 1.55 bits per heavy atom. The van der Waals surface area contributed by atoms with Gasteiger partial charge < -0.3 is 5.32 Å². The first kappa shape index (κ1) is 10.4. The van der Waals surface area contributed by atoms with E-state index in [-0.39, 0.29) is 12.5 Å². The molecule has 0 saturated heterocycles. The van der Waals surface area contributed by atoms with E-state index in [0.717, 1.165) is 0 Å². The van der Waals surface area contributed by atoms with Gasteiger partial charge in [-0.1, -0.05) is 6.92 Å². The van der Waals surface area contributed by atoms with E-state index in [0.29, 0.717) is 12.8 Å². The number of hydrogen-bond donors (Lipinski definition) is 1. The minimum Gasteiger partial charge on any atom is -0.335 e. The van der Waals surface area contributed by atoms with E-state index in [1.807, 2.05) is 0 Å². The maximum atomic E-state index is 10.7. The van der Waals surface area contributed by atoms with E-state index in [1.54, 1.807) is 6.92 Å². The van der Waals surface area contributed by atoms with Crippen LogP contribution in [0.25, 0.3) is 0 Å².